The number of carbonyl (C=O) groups is 1. The standard InChI is InChI=1S/C15H13BrClNO3/c1-20-10-4-6-14(21-2)11(8-10)15(19)18-9-3-5-12(16)13(17)7-9/h3-8H,1-2H3,(H,18,19). The van der Waals surface area contributed by atoms with Crippen molar-refractivity contribution in [2.75, 3.05) is 19.5 Å². The van der Waals surface area contributed by atoms with E-state index in [0.717, 1.165) is 4.47 Å². The second-order valence-corrected chi connectivity index (χ2v) is 5.41. The number of carbonyl (C=O) groups excluding carboxylic acids is 1. The Morgan fingerprint density at radius 3 is 2.52 bits per heavy atom. The van der Waals surface area contributed by atoms with E-state index >= 15 is 0 Å². The maximum absolute atomic E-state index is 12.4. The fourth-order valence-corrected chi connectivity index (χ4v) is 2.19. The first-order valence-corrected chi connectivity index (χ1v) is 7.20. The molecule has 0 spiro atoms. The van der Waals surface area contributed by atoms with E-state index in [1.807, 2.05) is 0 Å². The molecule has 0 heterocycles. The number of anilines is 1. The van der Waals surface area contributed by atoms with Crippen molar-refractivity contribution in [1.82, 2.24) is 0 Å². The topological polar surface area (TPSA) is 47.6 Å². The van der Waals surface area contributed by atoms with Gasteiger partial charge in [0.05, 0.1) is 24.8 Å². The van der Waals surface area contributed by atoms with E-state index in [9.17, 15) is 4.79 Å². The van der Waals surface area contributed by atoms with Crippen LogP contribution in [0.5, 0.6) is 11.5 Å². The smallest absolute Gasteiger partial charge is 0.259 e. The summed E-state index contributed by atoms with van der Waals surface area (Å²) in [5, 5.41) is 3.29. The van der Waals surface area contributed by atoms with Gasteiger partial charge in [-0.15, -0.1) is 0 Å². The summed E-state index contributed by atoms with van der Waals surface area (Å²) in [7, 11) is 3.05. The first-order chi connectivity index (χ1) is 10.0. The molecule has 2 aromatic rings. The molecular formula is C15H13BrClNO3. The predicted octanol–water partition coefficient (Wildman–Crippen LogP) is 4.37. The quantitative estimate of drug-likeness (QED) is 0.869. The molecule has 0 aromatic heterocycles. The van der Waals surface area contributed by atoms with E-state index in [-0.39, 0.29) is 5.91 Å². The average Bonchev–Trinajstić information content (AvgIpc) is 2.50. The maximum Gasteiger partial charge on any atom is 0.259 e. The molecule has 1 amide bonds. The zero-order valence-corrected chi connectivity index (χ0v) is 13.8. The lowest BCUT2D eigenvalue weighted by molar-refractivity contribution is 0.102. The molecule has 6 heteroatoms. The van der Waals surface area contributed by atoms with Crippen LogP contribution >= 0.6 is 27.5 Å². The van der Waals surface area contributed by atoms with E-state index in [1.54, 1.807) is 36.4 Å². The van der Waals surface area contributed by atoms with Crippen molar-refractivity contribution < 1.29 is 14.3 Å². The fraction of sp³-hybridized carbons (Fsp3) is 0.133. The third-order valence-corrected chi connectivity index (χ3v) is 4.06. The van der Waals surface area contributed by atoms with Crippen molar-refractivity contribution in [2.24, 2.45) is 0 Å². The van der Waals surface area contributed by atoms with E-state index < -0.39 is 0 Å². The number of amides is 1. The highest BCUT2D eigenvalue weighted by molar-refractivity contribution is 9.10. The third-order valence-electron chi connectivity index (χ3n) is 2.83. The van der Waals surface area contributed by atoms with Gasteiger partial charge in [0.1, 0.15) is 11.5 Å². The molecule has 0 saturated heterocycles. The Morgan fingerprint density at radius 2 is 1.90 bits per heavy atom. The first kappa shape index (κ1) is 15.7. The highest BCUT2D eigenvalue weighted by Crippen LogP contribution is 2.28. The number of hydrogen-bond donors (Lipinski definition) is 1. The average molecular weight is 371 g/mol. The summed E-state index contributed by atoms with van der Waals surface area (Å²) < 4.78 is 11.1. The Hall–Kier alpha value is -1.72. The lowest BCUT2D eigenvalue weighted by Crippen LogP contribution is -2.13. The predicted molar refractivity (Wildman–Crippen MR) is 86.7 cm³/mol. The van der Waals surface area contributed by atoms with Gasteiger partial charge in [0, 0.05) is 10.2 Å². The number of rotatable bonds is 4. The van der Waals surface area contributed by atoms with Crippen LogP contribution < -0.4 is 14.8 Å². The number of benzene rings is 2. The van der Waals surface area contributed by atoms with Crippen LogP contribution in [0.4, 0.5) is 5.69 Å². The van der Waals surface area contributed by atoms with Gasteiger partial charge in [-0.25, -0.2) is 0 Å². The Bertz CT molecular complexity index is 676. The zero-order chi connectivity index (χ0) is 15.4. The van der Waals surface area contributed by atoms with Gasteiger partial charge in [-0.2, -0.15) is 0 Å². The van der Waals surface area contributed by atoms with E-state index in [1.165, 1.54) is 14.2 Å². The van der Waals surface area contributed by atoms with Crippen LogP contribution in [0.25, 0.3) is 0 Å². The van der Waals surface area contributed by atoms with Crippen LogP contribution in [-0.2, 0) is 0 Å². The minimum Gasteiger partial charge on any atom is -0.497 e. The minimum absolute atomic E-state index is 0.302. The number of ether oxygens (including phenoxy) is 2. The second-order valence-electron chi connectivity index (χ2n) is 4.15. The van der Waals surface area contributed by atoms with E-state index in [4.69, 9.17) is 21.1 Å². The number of hydrogen-bond acceptors (Lipinski definition) is 3. The molecule has 0 aliphatic heterocycles. The zero-order valence-electron chi connectivity index (χ0n) is 11.4. The lowest BCUT2D eigenvalue weighted by atomic mass is 10.1. The molecule has 0 aliphatic rings. The van der Waals surface area contributed by atoms with Gasteiger partial charge >= 0.3 is 0 Å². The van der Waals surface area contributed by atoms with Gasteiger partial charge < -0.3 is 14.8 Å². The van der Waals surface area contributed by atoms with Crippen molar-refractivity contribution >= 4 is 39.1 Å². The summed E-state index contributed by atoms with van der Waals surface area (Å²) in [5.41, 5.74) is 0.981. The highest BCUT2D eigenvalue weighted by Gasteiger charge is 2.14. The van der Waals surface area contributed by atoms with Gasteiger partial charge in [0.2, 0.25) is 0 Å². The number of halogens is 2. The van der Waals surface area contributed by atoms with Crippen LogP contribution in [0, 0.1) is 0 Å². The molecule has 0 saturated carbocycles. The molecule has 2 aromatic carbocycles. The number of methoxy groups -OCH3 is 2. The van der Waals surface area contributed by atoms with E-state index in [2.05, 4.69) is 21.2 Å². The normalized spacial score (nSPS) is 10.1. The van der Waals surface area contributed by atoms with Crippen LogP contribution in [0.1, 0.15) is 10.4 Å². The van der Waals surface area contributed by atoms with Crippen LogP contribution in [0.3, 0.4) is 0 Å². The summed E-state index contributed by atoms with van der Waals surface area (Å²) in [6.07, 6.45) is 0. The molecule has 0 aliphatic carbocycles. The van der Waals surface area contributed by atoms with Crippen molar-refractivity contribution in [2.45, 2.75) is 0 Å². The van der Waals surface area contributed by atoms with Crippen LogP contribution in [-0.4, -0.2) is 20.1 Å². The highest BCUT2D eigenvalue weighted by atomic mass is 79.9. The molecule has 0 atom stereocenters. The number of nitrogens with one attached hydrogen (secondary N) is 1. The summed E-state index contributed by atoms with van der Waals surface area (Å²) in [4.78, 5) is 12.4. The Labute approximate surface area is 136 Å². The first-order valence-electron chi connectivity index (χ1n) is 6.03. The van der Waals surface area contributed by atoms with Gasteiger partial charge in [0.25, 0.3) is 5.91 Å². The van der Waals surface area contributed by atoms with Crippen LogP contribution in [0.15, 0.2) is 40.9 Å². The maximum atomic E-state index is 12.4. The second kappa shape index (κ2) is 6.83. The Balaban J connectivity index is 2.28. The molecule has 110 valence electrons. The summed E-state index contributed by atoms with van der Waals surface area (Å²) in [6.45, 7) is 0. The van der Waals surface area contributed by atoms with Crippen molar-refractivity contribution in [3.63, 3.8) is 0 Å². The third kappa shape index (κ3) is 3.68. The molecule has 1 N–H and O–H groups in total. The van der Waals surface area contributed by atoms with Gasteiger partial charge in [-0.3, -0.25) is 4.79 Å². The molecule has 0 unspecified atom stereocenters. The summed E-state index contributed by atoms with van der Waals surface area (Å²) in [5.74, 6) is 0.746. The summed E-state index contributed by atoms with van der Waals surface area (Å²) >= 11 is 9.31. The Morgan fingerprint density at radius 1 is 1.14 bits per heavy atom. The van der Waals surface area contributed by atoms with Crippen molar-refractivity contribution in [1.29, 1.82) is 0 Å². The SMILES string of the molecule is COc1ccc(OC)c(C(=O)Nc2ccc(Br)c(Cl)c2)c1. The molecule has 0 bridgehead atoms. The fourth-order valence-electron chi connectivity index (χ4n) is 1.76. The minimum atomic E-state index is -0.302. The van der Waals surface area contributed by atoms with Gasteiger partial charge in [0.15, 0.2) is 0 Å². The van der Waals surface area contributed by atoms with Crippen molar-refractivity contribution in [3.8, 4) is 11.5 Å². The molecular weight excluding hydrogens is 358 g/mol. The Kier molecular flexibility index (Phi) is 5.09. The molecule has 0 radical (unpaired) electrons. The lowest BCUT2D eigenvalue weighted by Gasteiger charge is -2.11. The van der Waals surface area contributed by atoms with Gasteiger partial charge in [-0.1, -0.05) is 11.6 Å². The largest absolute Gasteiger partial charge is 0.497 e. The van der Waals surface area contributed by atoms with Crippen molar-refractivity contribution in [3.05, 3.63) is 51.5 Å². The molecule has 21 heavy (non-hydrogen) atoms. The van der Waals surface area contributed by atoms with E-state index in [0.29, 0.717) is 27.8 Å². The summed E-state index contributed by atoms with van der Waals surface area (Å²) in [6, 6.07) is 10.2. The molecule has 2 rings (SSSR count). The van der Waals surface area contributed by atoms with Gasteiger partial charge in [-0.05, 0) is 52.3 Å². The monoisotopic (exact) mass is 369 g/mol. The molecule has 0 fully saturated rings. The molecule has 4 nitrogen and oxygen atoms in total. The van der Waals surface area contributed by atoms with Crippen LogP contribution in [0.2, 0.25) is 5.02 Å².